The average Bonchev–Trinajstić information content (AvgIpc) is 3.32. The largest absolute Gasteiger partial charge is 2.00 e. The van der Waals surface area contributed by atoms with Crippen molar-refractivity contribution >= 4 is 62.2 Å². The number of hydrogen-bond acceptors (Lipinski definition) is 10. The Hall–Kier alpha value is -2.07. The first-order valence-electron chi connectivity index (χ1n) is 26.2. The van der Waals surface area contributed by atoms with Crippen molar-refractivity contribution in [1.82, 2.24) is 0 Å². The Morgan fingerprint density at radius 3 is 1.14 bits per heavy atom. The van der Waals surface area contributed by atoms with Crippen molar-refractivity contribution < 1.29 is 37.0 Å². The van der Waals surface area contributed by atoms with E-state index < -0.39 is 15.6 Å². The van der Waals surface area contributed by atoms with Gasteiger partial charge in [0, 0.05) is 10.5 Å². The van der Waals surface area contributed by atoms with E-state index in [4.69, 9.17) is 18.1 Å². The number of rotatable bonds is 32. The molecular weight excluding hydrogens is 951 g/mol. The zero-order chi connectivity index (χ0) is 48.5. The first-order valence-corrected chi connectivity index (χ1v) is 30.8. The van der Waals surface area contributed by atoms with Gasteiger partial charge in [0.1, 0.15) is 23.0 Å². The number of hydrogen-bond donors (Lipinski definition) is 0. The Bertz CT molecular complexity index is 1990. The van der Waals surface area contributed by atoms with Crippen LogP contribution in [0.25, 0.3) is 0 Å². The smallest absolute Gasteiger partial charge is 0.736 e. The van der Waals surface area contributed by atoms with Gasteiger partial charge in [-0.15, -0.1) is 23.5 Å². The van der Waals surface area contributed by atoms with Crippen LogP contribution in [-0.2, 0) is 34.8 Å². The molecule has 4 aromatic carbocycles. The minimum Gasteiger partial charge on any atom is -0.736 e. The summed E-state index contributed by atoms with van der Waals surface area (Å²) in [5, 5.41) is 0.947. The van der Waals surface area contributed by atoms with Gasteiger partial charge in [0.15, 0.2) is 0 Å². The molecule has 0 radical (unpaired) electrons. The second-order valence-corrected chi connectivity index (χ2v) is 23.9. The van der Waals surface area contributed by atoms with E-state index in [0.717, 1.165) is 61.2 Å². The Balaban J connectivity index is 0.000000296. The van der Waals surface area contributed by atoms with Crippen LogP contribution in [0, 0.1) is 0 Å². The SMILES string of the molecule is CCCCCCCCc1ccc(OP(=O)([O-])Oc2ccc3cc2SC(CCCCCC)C3)cc1.CCCCCCCCc1ccc(OP(=O)([O-])Oc2ccc3cc2SC(CCCCCC)C3)cc1.[Mg+2]. The van der Waals surface area contributed by atoms with E-state index in [0.29, 0.717) is 22.0 Å². The van der Waals surface area contributed by atoms with Gasteiger partial charge >= 0.3 is 38.7 Å². The zero-order valence-electron chi connectivity index (χ0n) is 42.3. The third-order valence-corrected chi connectivity index (χ3v) is 17.0. The summed E-state index contributed by atoms with van der Waals surface area (Å²) >= 11 is 3.45. The summed E-state index contributed by atoms with van der Waals surface area (Å²) in [6, 6.07) is 26.2. The number of phosphoric acid groups is 2. The predicted molar refractivity (Wildman–Crippen MR) is 288 cm³/mol. The van der Waals surface area contributed by atoms with Crippen molar-refractivity contribution in [2.45, 2.75) is 215 Å². The summed E-state index contributed by atoms with van der Waals surface area (Å²) in [5.74, 6) is 1.31. The Kier molecular flexibility index (Phi) is 28.4. The monoisotopic (exact) mass is 1030 g/mol. The molecule has 0 spiro atoms. The molecule has 376 valence electrons. The summed E-state index contributed by atoms with van der Waals surface area (Å²) in [6.07, 6.45) is 31.4. The van der Waals surface area contributed by atoms with Crippen LogP contribution < -0.4 is 27.9 Å². The number of phosphoric ester groups is 2. The molecule has 2 aliphatic heterocycles. The standard InChI is InChI=1S/2C28H41O4PS.Mg/c2*1-3-5-7-9-10-11-13-23-15-18-25(19-16-23)31-33(29,30)32-27-20-17-24-21-26(34-28(27)22-24)14-12-8-6-4-2;/h2*15-20,22,26H,3-14,21H2,1-2H3,(H,29,30);/q;;+2/p-2. The molecule has 4 atom stereocenters. The van der Waals surface area contributed by atoms with Gasteiger partial charge in [0.05, 0.1) is 9.79 Å². The maximum atomic E-state index is 12.6. The van der Waals surface area contributed by atoms with E-state index in [9.17, 15) is 18.9 Å². The first kappa shape index (κ1) is 59.5. The molecular formula is C56H80MgO8P2S2. The summed E-state index contributed by atoms with van der Waals surface area (Å²) in [6.45, 7) is 8.90. The molecule has 4 aromatic rings. The Morgan fingerprint density at radius 2 is 0.783 bits per heavy atom. The molecule has 2 aliphatic rings. The van der Waals surface area contributed by atoms with Gasteiger partial charge in [-0.1, -0.05) is 180 Å². The third kappa shape index (κ3) is 23.1. The predicted octanol–water partition coefficient (Wildman–Crippen LogP) is 16.6. The molecule has 6 rings (SSSR count). The summed E-state index contributed by atoms with van der Waals surface area (Å²) in [4.78, 5) is 27.0. The van der Waals surface area contributed by atoms with Gasteiger partial charge in [-0.25, -0.2) is 9.13 Å². The second kappa shape index (κ2) is 32.9. The van der Waals surface area contributed by atoms with Crippen LogP contribution in [0.5, 0.6) is 23.0 Å². The fourth-order valence-electron chi connectivity index (χ4n) is 8.77. The molecule has 8 nitrogen and oxygen atoms in total. The van der Waals surface area contributed by atoms with E-state index in [1.807, 2.05) is 48.5 Å². The maximum absolute atomic E-state index is 12.6. The van der Waals surface area contributed by atoms with Crippen molar-refractivity contribution in [2.24, 2.45) is 0 Å². The van der Waals surface area contributed by atoms with Crippen molar-refractivity contribution in [3.05, 3.63) is 107 Å². The quantitative estimate of drug-likeness (QED) is 0.0266. The molecule has 4 unspecified atom stereocenters. The number of aryl methyl sites for hydroxylation is 2. The molecule has 0 N–H and O–H groups in total. The van der Waals surface area contributed by atoms with Gasteiger partial charge in [-0.05, 0) is 122 Å². The first-order chi connectivity index (χ1) is 33.0. The molecule has 2 heterocycles. The van der Waals surface area contributed by atoms with Crippen molar-refractivity contribution in [2.75, 3.05) is 0 Å². The molecule has 0 saturated carbocycles. The molecule has 0 aliphatic carbocycles. The minimum atomic E-state index is -4.53. The van der Waals surface area contributed by atoms with Crippen LogP contribution in [0.4, 0.5) is 0 Å². The average molecular weight is 1030 g/mol. The topological polar surface area (TPSA) is 117 Å². The third-order valence-electron chi connectivity index (χ3n) is 12.6. The van der Waals surface area contributed by atoms with Gasteiger partial charge in [-0.2, -0.15) is 0 Å². The fraction of sp³-hybridized carbons (Fsp3) is 0.571. The fourth-order valence-corrected chi connectivity index (χ4v) is 13.3. The van der Waals surface area contributed by atoms with Crippen LogP contribution in [0.15, 0.2) is 94.7 Å². The van der Waals surface area contributed by atoms with Crippen LogP contribution in [0.2, 0.25) is 0 Å². The van der Waals surface area contributed by atoms with E-state index >= 15 is 0 Å². The molecule has 0 aromatic heterocycles. The van der Waals surface area contributed by atoms with Gasteiger partial charge < -0.3 is 27.9 Å². The maximum Gasteiger partial charge on any atom is 2.00 e. The molecule has 4 bridgehead atoms. The number of unbranched alkanes of at least 4 members (excludes halogenated alkanes) is 16. The van der Waals surface area contributed by atoms with Crippen LogP contribution >= 0.6 is 39.2 Å². The van der Waals surface area contributed by atoms with Gasteiger partial charge in [-0.3, -0.25) is 0 Å². The van der Waals surface area contributed by atoms with Gasteiger partial charge in [0.2, 0.25) is 0 Å². The Labute approximate surface area is 441 Å². The van der Waals surface area contributed by atoms with E-state index in [-0.39, 0.29) is 34.6 Å². The summed E-state index contributed by atoms with van der Waals surface area (Å²) < 4.78 is 46.6. The number of thioether (sulfide) groups is 2. The van der Waals surface area contributed by atoms with E-state index in [1.165, 1.54) is 138 Å². The van der Waals surface area contributed by atoms with E-state index in [1.54, 1.807) is 59.9 Å². The Morgan fingerprint density at radius 1 is 0.449 bits per heavy atom. The van der Waals surface area contributed by atoms with Gasteiger partial charge in [0.25, 0.3) is 0 Å². The zero-order valence-corrected chi connectivity index (χ0v) is 47.1. The molecule has 13 heteroatoms. The minimum absolute atomic E-state index is 0. The summed E-state index contributed by atoms with van der Waals surface area (Å²) in [7, 11) is -9.07. The van der Waals surface area contributed by atoms with Crippen LogP contribution in [0.3, 0.4) is 0 Å². The normalized spacial score (nSPS) is 16.5. The van der Waals surface area contributed by atoms with Crippen LogP contribution in [-0.4, -0.2) is 33.6 Å². The number of fused-ring (bicyclic) bond motifs is 4. The van der Waals surface area contributed by atoms with Crippen LogP contribution in [0.1, 0.15) is 191 Å². The molecule has 0 amide bonds. The van der Waals surface area contributed by atoms with Crippen molar-refractivity contribution in [3.8, 4) is 23.0 Å². The molecule has 0 fully saturated rings. The second-order valence-electron chi connectivity index (χ2n) is 18.7. The number of benzene rings is 4. The van der Waals surface area contributed by atoms with Crippen molar-refractivity contribution in [1.29, 1.82) is 0 Å². The summed E-state index contributed by atoms with van der Waals surface area (Å²) in [5.41, 5.74) is 4.88. The molecule has 0 saturated heterocycles. The molecule has 69 heavy (non-hydrogen) atoms. The van der Waals surface area contributed by atoms with Crippen molar-refractivity contribution in [3.63, 3.8) is 0 Å². The van der Waals surface area contributed by atoms with E-state index in [2.05, 4.69) is 27.7 Å².